The van der Waals surface area contributed by atoms with Crippen molar-refractivity contribution < 1.29 is 9.59 Å². The van der Waals surface area contributed by atoms with E-state index in [2.05, 4.69) is 29.6 Å². The Kier molecular flexibility index (Phi) is 6.75. The summed E-state index contributed by atoms with van der Waals surface area (Å²) >= 11 is 1.41. The minimum absolute atomic E-state index is 0.0507. The van der Waals surface area contributed by atoms with E-state index in [9.17, 15) is 9.59 Å². The monoisotopic (exact) mass is 362 g/mol. The lowest BCUT2D eigenvalue weighted by molar-refractivity contribution is 0.0931. The fourth-order valence-electron chi connectivity index (χ4n) is 2.48. The second-order valence-corrected chi connectivity index (χ2v) is 7.22. The minimum Gasteiger partial charge on any atom is -0.351 e. The van der Waals surface area contributed by atoms with Gasteiger partial charge in [0.05, 0.1) is 4.88 Å². The van der Waals surface area contributed by atoms with Gasteiger partial charge in [0.25, 0.3) is 11.8 Å². The molecular weight excluding hydrogens is 336 g/mol. The first-order chi connectivity index (χ1) is 11.9. The van der Waals surface area contributed by atoms with E-state index in [-0.39, 0.29) is 23.9 Å². The highest BCUT2D eigenvalue weighted by Crippen LogP contribution is 2.14. The first kappa shape index (κ1) is 19.2. The topological polar surface area (TPSA) is 76.0 Å². The van der Waals surface area contributed by atoms with Gasteiger partial charge in [-0.3, -0.25) is 14.3 Å². The Labute approximate surface area is 152 Å². The smallest absolute Gasteiger partial charge is 0.271 e. The summed E-state index contributed by atoms with van der Waals surface area (Å²) in [4.78, 5) is 24.9. The summed E-state index contributed by atoms with van der Waals surface area (Å²) in [7, 11) is 0. The van der Waals surface area contributed by atoms with Crippen LogP contribution in [0.4, 0.5) is 0 Å². The number of hydrogen-bond donors (Lipinski definition) is 2. The molecule has 2 rings (SSSR count). The molecular formula is C18H26N4O2S. The van der Waals surface area contributed by atoms with E-state index < -0.39 is 0 Å². The number of nitrogens with one attached hydrogen (secondary N) is 2. The third-order valence-electron chi connectivity index (χ3n) is 4.15. The SMILES string of the molecule is CCC(C)n1nc(C(=O)N[C@@H](C)CCNC(=O)c2cccs2)cc1C. The van der Waals surface area contributed by atoms with E-state index in [1.54, 1.807) is 6.07 Å². The lowest BCUT2D eigenvalue weighted by Crippen LogP contribution is -2.36. The maximum Gasteiger partial charge on any atom is 0.271 e. The molecule has 2 aromatic rings. The third kappa shape index (κ3) is 5.16. The second-order valence-electron chi connectivity index (χ2n) is 6.27. The molecule has 0 aromatic carbocycles. The fourth-order valence-corrected chi connectivity index (χ4v) is 3.12. The summed E-state index contributed by atoms with van der Waals surface area (Å²) < 4.78 is 1.89. The lowest BCUT2D eigenvalue weighted by Gasteiger charge is -2.13. The largest absolute Gasteiger partial charge is 0.351 e. The van der Waals surface area contributed by atoms with Crippen LogP contribution < -0.4 is 10.6 Å². The van der Waals surface area contributed by atoms with Crippen molar-refractivity contribution in [3.05, 3.63) is 39.8 Å². The van der Waals surface area contributed by atoms with Crippen LogP contribution in [0.5, 0.6) is 0 Å². The third-order valence-corrected chi connectivity index (χ3v) is 5.02. The molecule has 0 fully saturated rings. The standard InChI is InChI=1S/C18H26N4O2S/c1-5-13(3)22-14(4)11-15(21-22)17(23)20-12(2)8-9-19-18(24)16-7-6-10-25-16/h6-7,10-13H,5,8-9H2,1-4H3,(H,19,24)(H,20,23)/t12-,13?/m0/s1. The van der Waals surface area contributed by atoms with E-state index in [1.165, 1.54) is 11.3 Å². The number of aryl methyl sites for hydroxylation is 1. The predicted octanol–water partition coefficient (Wildman–Crippen LogP) is 3.16. The van der Waals surface area contributed by atoms with Gasteiger partial charge >= 0.3 is 0 Å². The van der Waals surface area contributed by atoms with Crippen LogP contribution in [-0.4, -0.2) is 34.2 Å². The van der Waals surface area contributed by atoms with Gasteiger partial charge in [0.15, 0.2) is 0 Å². The Morgan fingerprint density at radius 1 is 1.32 bits per heavy atom. The molecule has 2 heterocycles. The van der Waals surface area contributed by atoms with E-state index in [4.69, 9.17) is 0 Å². The highest BCUT2D eigenvalue weighted by Gasteiger charge is 2.16. The maximum absolute atomic E-state index is 12.3. The molecule has 0 saturated heterocycles. The zero-order valence-corrected chi connectivity index (χ0v) is 16.0. The van der Waals surface area contributed by atoms with Crippen LogP contribution in [0.25, 0.3) is 0 Å². The van der Waals surface area contributed by atoms with Crippen molar-refractivity contribution >= 4 is 23.2 Å². The first-order valence-corrected chi connectivity index (χ1v) is 9.49. The molecule has 2 N–H and O–H groups in total. The summed E-state index contributed by atoms with van der Waals surface area (Å²) in [5.41, 5.74) is 1.42. The molecule has 0 aliphatic rings. The highest BCUT2D eigenvalue weighted by molar-refractivity contribution is 7.12. The lowest BCUT2D eigenvalue weighted by atomic mass is 10.2. The quantitative estimate of drug-likeness (QED) is 0.757. The number of nitrogens with zero attached hydrogens (tertiary/aromatic N) is 2. The van der Waals surface area contributed by atoms with Gasteiger partial charge in [-0.25, -0.2) is 0 Å². The summed E-state index contributed by atoms with van der Waals surface area (Å²) in [5.74, 6) is -0.251. The molecule has 6 nitrogen and oxygen atoms in total. The minimum atomic E-state index is -0.178. The van der Waals surface area contributed by atoms with E-state index in [0.717, 1.165) is 12.1 Å². The van der Waals surface area contributed by atoms with Crippen molar-refractivity contribution in [2.45, 2.75) is 52.6 Å². The summed E-state index contributed by atoms with van der Waals surface area (Å²) in [5, 5.41) is 12.1. The molecule has 0 radical (unpaired) electrons. The van der Waals surface area contributed by atoms with Crippen molar-refractivity contribution in [2.24, 2.45) is 0 Å². The van der Waals surface area contributed by atoms with Crippen LogP contribution >= 0.6 is 11.3 Å². The summed E-state index contributed by atoms with van der Waals surface area (Å²) in [6.07, 6.45) is 1.62. The van der Waals surface area contributed by atoms with Crippen LogP contribution in [0.15, 0.2) is 23.6 Å². The van der Waals surface area contributed by atoms with Gasteiger partial charge in [0, 0.05) is 24.3 Å². The maximum atomic E-state index is 12.3. The van der Waals surface area contributed by atoms with Crippen LogP contribution in [0.2, 0.25) is 0 Å². The number of rotatable bonds is 8. The normalized spacial score (nSPS) is 13.3. The fraction of sp³-hybridized carbons (Fsp3) is 0.500. The number of amides is 2. The molecule has 0 saturated carbocycles. The molecule has 0 bridgehead atoms. The molecule has 25 heavy (non-hydrogen) atoms. The van der Waals surface area contributed by atoms with Crippen LogP contribution in [0, 0.1) is 6.92 Å². The average Bonchev–Trinajstić information content (AvgIpc) is 3.23. The van der Waals surface area contributed by atoms with Crippen molar-refractivity contribution in [1.82, 2.24) is 20.4 Å². The van der Waals surface area contributed by atoms with E-state index in [0.29, 0.717) is 23.5 Å². The Morgan fingerprint density at radius 3 is 2.72 bits per heavy atom. The molecule has 0 spiro atoms. The summed E-state index contributed by atoms with van der Waals surface area (Å²) in [6.45, 7) is 8.57. The molecule has 0 aliphatic heterocycles. The van der Waals surface area contributed by atoms with Gasteiger partial charge in [-0.15, -0.1) is 11.3 Å². The van der Waals surface area contributed by atoms with Crippen LogP contribution in [0.3, 0.4) is 0 Å². The average molecular weight is 362 g/mol. The zero-order valence-electron chi connectivity index (χ0n) is 15.2. The Bertz CT molecular complexity index is 709. The molecule has 0 aliphatic carbocycles. The molecule has 2 aromatic heterocycles. The second kappa shape index (κ2) is 8.80. The van der Waals surface area contributed by atoms with Gasteiger partial charge in [0.1, 0.15) is 5.69 Å². The molecule has 2 atom stereocenters. The number of thiophene rings is 1. The van der Waals surface area contributed by atoms with Crippen LogP contribution in [-0.2, 0) is 0 Å². The Hall–Kier alpha value is -2.15. The molecule has 1 unspecified atom stereocenters. The molecule has 136 valence electrons. The number of hydrogen-bond acceptors (Lipinski definition) is 4. The van der Waals surface area contributed by atoms with Gasteiger partial charge in [-0.2, -0.15) is 5.10 Å². The van der Waals surface area contributed by atoms with Gasteiger partial charge in [-0.05, 0) is 51.1 Å². The van der Waals surface area contributed by atoms with E-state index in [1.807, 2.05) is 36.0 Å². The van der Waals surface area contributed by atoms with Crippen molar-refractivity contribution in [2.75, 3.05) is 6.54 Å². The number of carbonyl (C=O) groups excluding carboxylic acids is 2. The highest BCUT2D eigenvalue weighted by atomic mass is 32.1. The van der Waals surface area contributed by atoms with Gasteiger partial charge < -0.3 is 10.6 Å². The summed E-state index contributed by atoms with van der Waals surface area (Å²) in [6, 6.07) is 5.67. The number of carbonyl (C=O) groups is 2. The Balaban J connectivity index is 1.81. The van der Waals surface area contributed by atoms with Crippen LogP contribution in [0.1, 0.15) is 65.5 Å². The van der Waals surface area contributed by atoms with Gasteiger partial charge in [0.2, 0.25) is 0 Å². The van der Waals surface area contributed by atoms with Crippen molar-refractivity contribution in [3.63, 3.8) is 0 Å². The van der Waals surface area contributed by atoms with E-state index >= 15 is 0 Å². The zero-order chi connectivity index (χ0) is 18.4. The molecule has 7 heteroatoms. The van der Waals surface area contributed by atoms with Crippen molar-refractivity contribution in [3.8, 4) is 0 Å². The Morgan fingerprint density at radius 2 is 2.08 bits per heavy atom. The number of aromatic nitrogens is 2. The molecule has 2 amide bonds. The van der Waals surface area contributed by atoms with Gasteiger partial charge in [-0.1, -0.05) is 13.0 Å². The predicted molar refractivity (Wildman–Crippen MR) is 100 cm³/mol. The van der Waals surface area contributed by atoms with Crippen molar-refractivity contribution in [1.29, 1.82) is 0 Å². The first-order valence-electron chi connectivity index (χ1n) is 8.61.